The molecule has 0 bridgehead atoms. The second-order valence-electron chi connectivity index (χ2n) is 5.11. The van der Waals surface area contributed by atoms with Crippen LogP contribution in [0.15, 0.2) is 24.3 Å². The number of allylic oxidation sites excluding steroid dienone is 3. The summed E-state index contributed by atoms with van der Waals surface area (Å²) >= 11 is 0. The standard InChI is InChI=1S/C13H24O2.C6H10O2/c1-3-4-5-6-7-8-9-10-11-12-13(14)15-2;1-3-4-5-6(7)8-2/h4-5H,3,6-12H2,1-2H3;3-4H,5H2,1-2H3. The first-order chi connectivity index (χ1) is 11.1. The molecule has 23 heavy (non-hydrogen) atoms. The van der Waals surface area contributed by atoms with Crippen LogP contribution in [0.2, 0.25) is 0 Å². The van der Waals surface area contributed by atoms with Gasteiger partial charge in [0.25, 0.3) is 0 Å². The number of esters is 2. The molecule has 4 nitrogen and oxygen atoms in total. The van der Waals surface area contributed by atoms with E-state index in [4.69, 9.17) is 0 Å². The minimum atomic E-state index is -0.192. The van der Waals surface area contributed by atoms with E-state index in [2.05, 4.69) is 28.5 Å². The maximum atomic E-state index is 10.8. The van der Waals surface area contributed by atoms with E-state index >= 15 is 0 Å². The lowest BCUT2D eigenvalue weighted by Crippen LogP contribution is -1.98. The summed E-state index contributed by atoms with van der Waals surface area (Å²) in [7, 11) is 2.83. The van der Waals surface area contributed by atoms with Gasteiger partial charge in [-0.05, 0) is 32.6 Å². The summed E-state index contributed by atoms with van der Waals surface area (Å²) < 4.78 is 8.94. The van der Waals surface area contributed by atoms with Crippen LogP contribution in [0.25, 0.3) is 0 Å². The summed E-state index contributed by atoms with van der Waals surface area (Å²) in [5, 5.41) is 0. The number of rotatable bonds is 11. The molecule has 0 saturated heterocycles. The predicted molar refractivity (Wildman–Crippen MR) is 95.2 cm³/mol. The first-order valence-corrected chi connectivity index (χ1v) is 8.52. The quantitative estimate of drug-likeness (QED) is 0.305. The van der Waals surface area contributed by atoms with E-state index in [0.29, 0.717) is 12.8 Å². The average Bonchev–Trinajstić information content (AvgIpc) is 2.58. The molecule has 0 aromatic rings. The zero-order chi connectivity index (χ0) is 17.8. The van der Waals surface area contributed by atoms with Crippen molar-refractivity contribution in [1.82, 2.24) is 0 Å². The van der Waals surface area contributed by atoms with Crippen LogP contribution in [0.4, 0.5) is 0 Å². The van der Waals surface area contributed by atoms with Crippen molar-refractivity contribution >= 4 is 11.9 Å². The molecule has 0 radical (unpaired) electrons. The molecule has 0 rings (SSSR count). The molecule has 0 unspecified atom stereocenters. The molecule has 4 heteroatoms. The molecule has 134 valence electrons. The number of ether oxygens (including phenoxy) is 2. The summed E-state index contributed by atoms with van der Waals surface area (Å²) in [6.07, 6.45) is 17.2. The molecule has 0 saturated carbocycles. The maximum absolute atomic E-state index is 10.8. The molecule has 0 amide bonds. The van der Waals surface area contributed by atoms with Gasteiger partial charge in [-0.3, -0.25) is 9.59 Å². The van der Waals surface area contributed by atoms with Gasteiger partial charge in [0, 0.05) is 6.42 Å². The third kappa shape index (κ3) is 22.8. The first-order valence-electron chi connectivity index (χ1n) is 8.52. The summed E-state index contributed by atoms with van der Waals surface area (Å²) in [5.41, 5.74) is 0. The fourth-order valence-corrected chi connectivity index (χ4v) is 1.75. The molecule has 0 aromatic heterocycles. The Morgan fingerprint density at radius 2 is 1.43 bits per heavy atom. The summed E-state index contributed by atoms with van der Waals surface area (Å²) in [4.78, 5) is 21.1. The highest BCUT2D eigenvalue weighted by atomic mass is 16.5. The van der Waals surface area contributed by atoms with Crippen LogP contribution < -0.4 is 0 Å². The lowest BCUT2D eigenvalue weighted by Gasteiger charge is -1.99. The molecule has 0 aliphatic rings. The number of unbranched alkanes of at least 4 members (excludes halogenated alkanes) is 5. The topological polar surface area (TPSA) is 52.6 Å². The summed E-state index contributed by atoms with van der Waals surface area (Å²) in [5.74, 6) is -0.274. The van der Waals surface area contributed by atoms with Gasteiger partial charge in [-0.25, -0.2) is 0 Å². The Hall–Kier alpha value is -1.58. The van der Waals surface area contributed by atoms with Gasteiger partial charge in [0.15, 0.2) is 0 Å². The van der Waals surface area contributed by atoms with Gasteiger partial charge in [0.2, 0.25) is 0 Å². The van der Waals surface area contributed by atoms with E-state index in [1.54, 1.807) is 6.08 Å². The van der Waals surface area contributed by atoms with Crippen molar-refractivity contribution in [3.8, 4) is 0 Å². The zero-order valence-corrected chi connectivity index (χ0v) is 15.3. The van der Waals surface area contributed by atoms with Crippen LogP contribution in [0.3, 0.4) is 0 Å². The monoisotopic (exact) mass is 326 g/mol. The smallest absolute Gasteiger partial charge is 0.309 e. The molecule has 0 aliphatic carbocycles. The van der Waals surface area contributed by atoms with Crippen molar-refractivity contribution < 1.29 is 19.1 Å². The minimum absolute atomic E-state index is 0.0825. The van der Waals surface area contributed by atoms with Crippen LogP contribution >= 0.6 is 0 Å². The van der Waals surface area contributed by atoms with Crippen molar-refractivity contribution in [3.63, 3.8) is 0 Å². The summed E-state index contributed by atoms with van der Waals surface area (Å²) in [6, 6.07) is 0. The molecular formula is C19H34O4. The molecule has 0 atom stereocenters. The number of methoxy groups -OCH3 is 2. The van der Waals surface area contributed by atoms with E-state index in [0.717, 1.165) is 19.3 Å². The van der Waals surface area contributed by atoms with Crippen molar-refractivity contribution in [2.24, 2.45) is 0 Å². The highest BCUT2D eigenvalue weighted by molar-refractivity contribution is 5.70. The first kappa shape index (κ1) is 23.7. The highest BCUT2D eigenvalue weighted by Gasteiger charge is 1.98. The van der Waals surface area contributed by atoms with Gasteiger partial charge in [0.05, 0.1) is 20.6 Å². The Morgan fingerprint density at radius 3 is 2.00 bits per heavy atom. The van der Waals surface area contributed by atoms with Gasteiger partial charge >= 0.3 is 11.9 Å². The minimum Gasteiger partial charge on any atom is -0.469 e. The van der Waals surface area contributed by atoms with Crippen LogP contribution in [0, 0.1) is 0 Å². The fraction of sp³-hybridized carbons (Fsp3) is 0.684. The van der Waals surface area contributed by atoms with Crippen LogP contribution in [-0.2, 0) is 19.1 Å². The lowest BCUT2D eigenvalue weighted by molar-refractivity contribution is -0.141. The van der Waals surface area contributed by atoms with E-state index in [9.17, 15) is 9.59 Å². The van der Waals surface area contributed by atoms with Crippen LogP contribution in [-0.4, -0.2) is 26.2 Å². The maximum Gasteiger partial charge on any atom is 0.309 e. The van der Waals surface area contributed by atoms with E-state index < -0.39 is 0 Å². The van der Waals surface area contributed by atoms with Crippen LogP contribution in [0.1, 0.15) is 71.6 Å². The van der Waals surface area contributed by atoms with Gasteiger partial charge in [0.1, 0.15) is 0 Å². The third-order valence-corrected chi connectivity index (χ3v) is 3.13. The predicted octanol–water partition coefficient (Wildman–Crippen LogP) is 4.98. The highest BCUT2D eigenvalue weighted by Crippen LogP contribution is 2.08. The molecule has 0 aliphatic heterocycles. The lowest BCUT2D eigenvalue weighted by atomic mass is 10.1. The number of hydrogen-bond donors (Lipinski definition) is 0. The molecule has 0 spiro atoms. The normalized spacial score (nSPS) is 10.4. The number of carbonyl (C=O) groups excluding carboxylic acids is 2. The Labute approximate surface area is 141 Å². The van der Waals surface area contributed by atoms with Crippen molar-refractivity contribution in [2.45, 2.75) is 71.6 Å². The van der Waals surface area contributed by atoms with Crippen molar-refractivity contribution in [3.05, 3.63) is 24.3 Å². The van der Waals surface area contributed by atoms with Gasteiger partial charge < -0.3 is 9.47 Å². The van der Waals surface area contributed by atoms with E-state index in [1.165, 1.54) is 39.9 Å². The van der Waals surface area contributed by atoms with Gasteiger partial charge in [-0.2, -0.15) is 0 Å². The van der Waals surface area contributed by atoms with Crippen molar-refractivity contribution in [1.29, 1.82) is 0 Å². The fourth-order valence-electron chi connectivity index (χ4n) is 1.75. The number of hydrogen-bond acceptors (Lipinski definition) is 4. The van der Waals surface area contributed by atoms with Crippen LogP contribution in [0.5, 0.6) is 0 Å². The van der Waals surface area contributed by atoms with E-state index in [1.807, 2.05) is 13.0 Å². The number of carbonyl (C=O) groups is 2. The van der Waals surface area contributed by atoms with Crippen molar-refractivity contribution in [2.75, 3.05) is 14.2 Å². The molecule has 0 fully saturated rings. The summed E-state index contributed by atoms with van der Waals surface area (Å²) in [6.45, 7) is 4.02. The third-order valence-electron chi connectivity index (χ3n) is 3.13. The van der Waals surface area contributed by atoms with Gasteiger partial charge in [-0.1, -0.05) is 50.5 Å². The molecule has 0 heterocycles. The Bertz CT molecular complexity index is 332. The molecule has 0 aromatic carbocycles. The largest absolute Gasteiger partial charge is 0.469 e. The van der Waals surface area contributed by atoms with E-state index in [-0.39, 0.29) is 11.9 Å². The SMILES string of the molecule is CC=CCC(=O)OC.CCC=CCCCCCCCC(=O)OC. The molecule has 0 N–H and O–H groups in total. The Morgan fingerprint density at radius 1 is 0.826 bits per heavy atom. The Balaban J connectivity index is 0. The zero-order valence-electron chi connectivity index (χ0n) is 15.3. The van der Waals surface area contributed by atoms with Gasteiger partial charge in [-0.15, -0.1) is 0 Å². The molecular weight excluding hydrogens is 292 g/mol. The average molecular weight is 326 g/mol. The second kappa shape index (κ2) is 20.4. The second-order valence-corrected chi connectivity index (χ2v) is 5.11. The Kier molecular flexibility index (Phi) is 21.0.